The fraction of sp³-hybridized carbons (Fsp3) is 0.333. The molecule has 0 bridgehead atoms. The Morgan fingerprint density at radius 1 is 0.950 bits per heavy atom. The first-order chi connectivity index (χ1) is 9.56. The average Bonchev–Trinajstić information content (AvgIpc) is 2.36. The van der Waals surface area contributed by atoms with Crippen molar-refractivity contribution in [3.05, 3.63) is 69.2 Å². The largest absolute Gasteiger partial charge is 0.396 e. The van der Waals surface area contributed by atoms with E-state index in [1.54, 1.807) is 0 Å². The maximum absolute atomic E-state index is 9.64. The summed E-state index contributed by atoms with van der Waals surface area (Å²) in [6.07, 6.45) is 1.83. The fourth-order valence-electron chi connectivity index (χ4n) is 2.72. The first-order valence-electron chi connectivity index (χ1n) is 6.99. The molecule has 2 rings (SSSR count). The molecule has 106 valence electrons. The molecule has 0 aliphatic heterocycles. The van der Waals surface area contributed by atoms with Gasteiger partial charge in [-0.2, -0.15) is 0 Å². The number of aryl methyl sites for hydroxylation is 2. The first-order valence-corrected chi connectivity index (χ1v) is 7.78. The highest BCUT2D eigenvalue weighted by atomic mass is 79.9. The van der Waals surface area contributed by atoms with E-state index in [-0.39, 0.29) is 12.5 Å². The van der Waals surface area contributed by atoms with Gasteiger partial charge in [0.15, 0.2) is 0 Å². The van der Waals surface area contributed by atoms with Crippen molar-refractivity contribution in [2.45, 2.75) is 26.7 Å². The lowest BCUT2D eigenvalue weighted by Crippen LogP contribution is -2.13. The van der Waals surface area contributed by atoms with Crippen LogP contribution in [0.5, 0.6) is 0 Å². The average molecular weight is 333 g/mol. The van der Waals surface area contributed by atoms with Gasteiger partial charge in [0.25, 0.3) is 0 Å². The molecule has 0 heterocycles. The lowest BCUT2D eigenvalue weighted by atomic mass is 9.92. The number of aliphatic hydroxyl groups excluding tert-OH is 1. The molecule has 1 N–H and O–H groups in total. The number of halogens is 1. The predicted molar refractivity (Wildman–Crippen MR) is 88.0 cm³/mol. The minimum atomic E-state index is 0.222. The van der Waals surface area contributed by atoms with Gasteiger partial charge in [-0.15, -0.1) is 0 Å². The molecule has 0 aliphatic carbocycles. The number of rotatable bonds is 5. The van der Waals surface area contributed by atoms with Crippen molar-refractivity contribution in [1.29, 1.82) is 0 Å². The van der Waals surface area contributed by atoms with E-state index in [2.05, 4.69) is 60.1 Å². The van der Waals surface area contributed by atoms with Crippen LogP contribution in [0.25, 0.3) is 0 Å². The Labute approximate surface area is 129 Å². The molecule has 1 unspecified atom stereocenters. The summed E-state index contributed by atoms with van der Waals surface area (Å²) >= 11 is 3.50. The fourth-order valence-corrected chi connectivity index (χ4v) is 3.17. The van der Waals surface area contributed by atoms with Gasteiger partial charge in [0.2, 0.25) is 0 Å². The van der Waals surface area contributed by atoms with Crippen molar-refractivity contribution in [2.75, 3.05) is 6.61 Å². The van der Waals surface area contributed by atoms with Crippen LogP contribution < -0.4 is 0 Å². The normalized spacial score (nSPS) is 12.4. The highest BCUT2D eigenvalue weighted by Gasteiger charge is 2.10. The smallest absolute Gasteiger partial charge is 0.0465 e. The lowest BCUT2D eigenvalue weighted by Gasteiger charge is -2.15. The van der Waals surface area contributed by atoms with Crippen molar-refractivity contribution in [1.82, 2.24) is 0 Å². The van der Waals surface area contributed by atoms with E-state index in [0.717, 1.165) is 17.3 Å². The van der Waals surface area contributed by atoms with E-state index in [4.69, 9.17) is 0 Å². The predicted octanol–water partition coefficient (Wildman–Crippen LogP) is 4.46. The van der Waals surface area contributed by atoms with Crippen molar-refractivity contribution in [2.24, 2.45) is 5.92 Å². The number of benzene rings is 2. The molecule has 0 aromatic heterocycles. The van der Waals surface area contributed by atoms with Gasteiger partial charge in [-0.1, -0.05) is 57.4 Å². The second-order valence-electron chi connectivity index (χ2n) is 5.58. The van der Waals surface area contributed by atoms with Crippen molar-refractivity contribution < 1.29 is 5.11 Å². The van der Waals surface area contributed by atoms with Gasteiger partial charge in [0.05, 0.1) is 0 Å². The third-order valence-corrected chi connectivity index (χ3v) is 3.97. The van der Waals surface area contributed by atoms with Crippen LogP contribution in [0.2, 0.25) is 0 Å². The second kappa shape index (κ2) is 7.05. The molecule has 0 radical (unpaired) electrons. The van der Waals surface area contributed by atoms with E-state index in [1.807, 2.05) is 12.1 Å². The molecule has 0 amide bonds. The Morgan fingerprint density at radius 2 is 1.60 bits per heavy atom. The first kappa shape index (κ1) is 15.3. The van der Waals surface area contributed by atoms with Crippen molar-refractivity contribution in [3.8, 4) is 0 Å². The molecule has 2 heteroatoms. The summed E-state index contributed by atoms with van der Waals surface area (Å²) in [5, 5.41) is 9.64. The quantitative estimate of drug-likeness (QED) is 0.856. The summed E-state index contributed by atoms with van der Waals surface area (Å²) in [4.78, 5) is 0. The lowest BCUT2D eigenvalue weighted by molar-refractivity contribution is 0.225. The van der Waals surface area contributed by atoms with E-state index in [0.29, 0.717) is 0 Å². The molecule has 0 spiro atoms. The van der Waals surface area contributed by atoms with Gasteiger partial charge in [-0.25, -0.2) is 0 Å². The van der Waals surface area contributed by atoms with Crippen LogP contribution in [-0.4, -0.2) is 11.7 Å². The van der Waals surface area contributed by atoms with Crippen LogP contribution in [0, 0.1) is 19.8 Å². The van der Waals surface area contributed by atoms with E-state index < -0.39 is 0 Å². The SMILES string of the molecule is Cc1cc(C)cc(CC(CO)Cc2cccc(Br)c2)c1. The van der Waals surface area contributed by atoms with Gasteiger partial charge in [0, 0.05) is 11.1 Å². The van der Waals surface area contributed by atoms with Crippen LogP contribution in [0.4, 0.5) is 0 Å². The van der Waals surface area contributed by atoms with Gasteiger partial charge >= 0.3 is 0 Å². The Balaban J connectivity index is 2.09. The molecule has 2 aromatic carbocycles. The van der Waals surface area contributed by atoms with Crippen molar-refractivity contribution >= 4 is 15.9 Å². The molecule has 0 saturated heterocycles. The summed E-state index contributed by atoms with van der Waals surface area (Å²) in [5.41, 5.74) is 5.16. The Morgan fingerprint density at radius 3 is 2.20 bits per heavy atom. The summed E-state index contributed by atoms with van der Waals surface area (Å²) in [5.74, 6) is 0.269. The summed E-state index contributed by atoms with van der Waals surface area (Å²) in [6.45, 7) is 4.47. The standard InChI is InChI=1S/C18H21BrO/c1-13-6-14(2)8-16(7-13)10-17(12-20)9-15-4-3-5-18(19)11-15/h3-8,11,17,20H,9-10,12H2,1-2H3. The Kier molecular flexibility index (Phi) is 5.38. The molecule has 2 aromatic rings. The van der Waals surface area contributed by atoms with Crippen LogP contribution >= 0.6 is 15.9 Å². The third-order valence-electron chi connectivity index (χ3n) is 3.48. The van der Waals surface area contributed by atoms with Gasteiger partial charge < -0.3 is 5.11 Å². The highest BCUT2D eigenvalue weighted by molar-refractivity contribution is 9.10. The zero-order valence-electron chi connectivity index (χ0n) is 12.1. The highest BCUT2D eigenvalue weighted by Crippen LogP contribution is 2.19. The summed E-state index contributed by atoms with van der Waals surface area (Å²) < 4.78 is 1.10. The molecule has 1 atom stereocenters. The minimum Gasteiger partial charge on any atom is -0.396 e. The monoisotopic (exact) mass is 332 g/mol. The van der Waals surface area contributed by atoms with Crippen molar-refractivity contribution in [3.63, 3.8) is 0 Å². The minimum absolute atomic E-state index is 0.222. The Hall–Kier alpha value is -1.12. The van der Waals surface area contributed by atoms with E-state index in [9.17, 15) is 5.11 Å². The molecule has 1 nitrogen and oxygen atoms in total. The number of hydrogen-bond donors (Lipinski definition) is 1. The second-order valence-corrected chi connectivity index (χ2v) is 6.50. The van der Waals surface area contributed by atoms with Crippen LogP contribution in [-0.2, 0) is 12.8 Å². The molecule has 0 fully saturated rings. The molecule has 0 aliphatic rings. The van der Waals surface area contributed by atoms with E-state index in [1.165, 1.54) is 22.3 Å². The number of hydrogen-bond acceptors (Lipinski definition) is 1. The van der Waals surface area contributed by atoms with Crippen LogP contribution in [0.1, 0.15) is 22.3 Å². The van der Waals surface area contributed by atoms with E-state index >= 15 is 0 Å². The summed E-state index contributed by atoms with van der Waals surface area (Å²) in [7, 11) is 0. The maximum atomic E-state index is 9.64. The summed E-state index contributed by atoms with van der Waals surface area (Å²) in [6, 6.07) is 14.9. The molecule has 0 saturated carbocycles. The van der Waals surface area contributed by atoms with Crippen LogP contribution in [0.3, 0.4) is 0 Å². The van der Waals surface area contributed by atoms with Gasteiger partial charge in [-0.05, 0) is 55.9 Å². The maximum Gasteiger partial charge on any atom is 0.0465 e. The van der Waals surface area contributed by atoms with Crippen LogP contribution in [0.15, 0.2) is 46.9 Å². The molecular weight excluding hydrogens is 312 g/mol. The molecular formula is C18H21BrO. The zero-order chi connectivity index (χ0) is 14.5. The zero-order valence-corrected chi connectivity index (χ0v) is 13.7. The number of aliphatic hydroxyl groups is 1. The van der Waals surface area contributed by atoms with Gasteiger partial charge in [-0.3, -0.25) is 0 Å². The molecule has 20 heavy (non-hydrogen) atoms. The Bertz CT molecular complexity index is 557. The van der Waals surface area contributed by atoms with Gasteiger partial charge in [0.1, 0.15) is 0 Å². The topological polar surface area (TPSA) is 20.2 Å². The third kappa shape index (κ3) is 4.46.